The van der Waals surface area contributed by atoms with Crippen LogP contribution in [0.5, 0.6) is 5.75 Å². The third kappa shape index (κ3) is 5.95. The summed E-state index contributed by atoms with van der Waals surface area (Å²) in [6, 6.07) is 13.0. The summed E-state index contributed by atoms with van der Waals surface area (Å²) >= 11 is 0. The van der Waals surface area contributed by atoms with E-state index in [-0.39, 0.29) is 11.9 Å². The van der Waals surface area contributed by atoms with Crippen molar-refractivity contribution in [2.45, 2.75) is 39.9 Å². The molecule has 142 valence electrons. The molecule has 0 unspecified atom stereocenters. The van der Waals surface area contributed by atoms with E-state index in [1.807, 2.05) is 13.8 Å². The molecule has 1 N–H and O–H groups in total. The van der Waals surface area contributed by atoms with Crippen molar-refractivity contribution in [3.63, 3.8) is 0 Å². The van der Waals surface area contributed by atoms with Crippen LogP contribution in [0.1, 0.15) is 48.4 Å². The van der Waals surface area contributed by atoms with Gasteiger partial charge in [-0.05, 0) is 76.2 Å². The topological polar surface area (TPSA) is 81.7 Å². The number of ketones is 1. The van der Waals surface area contributed by atoms with Crippen molar-refractivity contribution in [1.29, 1.82) is 0 Å². The highest BCUT2D eigenvalue weighted by atomic mass is 16.5. The van der Waals surface area contributed by atoms with Crippen molar-refractivity contribution < 1.29 is 23.9 Å². The molecule has 2 rings (SSSR count). The van der Waals surface area contributed by atoms with Crippen molar-refractivity contribution in [3.05, 3.63) is 59.7 Å². The van der Waals surface area contributed by atoms with Gasteiger partial charge in [-0.1, -0.05) is 0 Å². The van der Waals surface area contributed by atoms with Crippen LogP contribution in [-0.4, -0.2) is 29.9 Å². The lowest BCUT2D eigenvalue weighted by Crippen LogP contribution is -2.30. The zero-order valence-corrected chi connectivity index (χ0v) is 15.8. The molecule has 6 heteroatoms. The fraction of sp³-hybridized carbons (Fsp3) is 0.286. The van der Waals surface area contributed by atoms with Crippen LogP contribution in [-0.2, 0) is 9.53 Å². The Bertz CT molecular complexity index is 809. The van der Waals surface area contributed by atoms with Crippen molar-refractivity contribution in [3.8, 4) is 5.75 Å². The van der Waals surface area contributed by atoms with Gasteiger partial charge in [-0.3, -0.25) is 9.59 Å². The third-order valence-corrected chi connectivity index (χ3v) is 3.67. The summed E-state index contributed by atoms with van der Waals surface area (Å²) < 4.78 is 10.7. The molecule has 1 atom stereocenters. The number of hydrogen-bond donors (Lipinski definition) is 1. The Hall–Kier alpha value is -3.15. The summed E-state index contributed by atoms with van der Waals surface area (Å²) in [7, 11) is 0. The number of anilines is 1. The lowest BCUT2D eigenvalue weighted by Gasteiger charge is -2.14. The number of esters is 1. The number of benzene rings is 2. The third-order valence-electron chi connectivity index (χ3n) is 3.67. The number of ether oxygens (including phenoxy) is 2. The molecule has 0 aliphatic carbocycles. The van der Waals surface area contributed by atoms with Gasteiger partial charge in [0.15, 0.2) is 11.9 Å². The SMILES string of the molecule is CC(=O)c1ccc(NC(=O)[C@@H](C)OC(=O)c2ccc(OC(C)C)cc2)cc1. The highest BCUT2D eigenvalue weighted by Gasteiger charge is 2.19. The smallest absolute Gasteiger partial charge is 0.338 e. The molecular weight excluding hydrogens is 346 g/mol. The van der Waals surface area contributed by atoms with Gasteiger partial charge in [0.2, 0.25) is 0 Å². The van der Waals surface area contributed by atoms with Crippen LogP contribution in [0, 0.1) is 0 Å². The fourth-order valence-electron chi connectivity index (χ4n) is 2.26. The molecule has 27 heavy (non-hydrogen) atoms. The van der Waals surface area contributed by atoms with Crippen LogP contribution in [0.4, 0.5) is 5.69 Å². The maximum absolute atomic E-state index is 12.2. The normalized spacial score (nSPS) is 11.6. The number of nitrogens with one attached hydrogen (secondary N) is 1. The van der Waals surface area contributed by atoms with E-state index in [1.54, 1.807) is 48.5 Å². The van der Waals surface area contributed by atoms with Gasteiger partial charge in [-0.2, -0.15) is 0 Å². The molecule has 6 nitrogen and oxygen atoms in total. The number of hydrogen-bond acceptors (Lipinski definition) is 5. The molecule has 0 saturated carbocycles. The Kier molecular flexibility index (Phi) is 6.71. The van der Waals surface area contributed by atoms with Crippen molar-refractivity contribution in [2.24, 2.45) is 0 Å². The molecule has 0 fully saturated rings. The van der Waals surface area contributed by atoms with Crippen molar-refractivity contribution in [1.82, 2.24) is 0 Å². The molecule has 0 aromatic heterocycles. The second-order valence-corrected chi connectivity index (χ2v) is 6.36. The molecule has 0 aliphatic heterocycles. The Labute approximate surface area is 158 Å². The summed E-state index contributed by atoms with van der Waals surface area (Å²) in [5, 5.41) is 2.65. The molecule has 0 aliphatic rings. The predicted octanol–water partition coefficient (Wildman–Crippen LogP) is 3.86. The average molecular weight is 369 g/mol. The van der Waals surface area contributed by atoms with E-state index in [1.165, 1.54) is 13.8 Å². The Morgan fingerprint density at radius 1 is 0.852 bits per heavy atom. The minimum Gasteiger partial charge on any atom is -0.491 e. The standard InChI is InChI=1S/C21H23NO5/c1-13(2)26-19-11-7-17(8-12-19)21(25)27-15(4)20(24)22-18-9-5-16(6-10-18)14(3)23/h5-13,15H,1-4H3,(H,22,24)/t15-/m1/s1. The number of amides is 1. The van der Waals surface area contributed by atoms with E-state index in [0.29, 0.717) is 22.6 Å². The maximum Gasteiger partial charge on any atom is 0.338 e. The van der Waals surface area contributed by atoms with E-state index in [9.17, 15) is 14.4 Å². The highest BCUT2D eigenvalue weighted by molar-refractivity contribution is 5.98. The number of carbonyl (C=O) groups excluding carboxylic acids is 3. The highest BCUT2D eigenvalue weighted by Crippen LogP contribution is 2.16. The number of rotatable bonds is 7. The molecule has 0 heterocycles. The monoisotopic (exact) mass is 369 g/mol. The van der Waals surface area contributed by atoms with E-state index >= 15 is 0 Å². The lowest BCUT2D eigenvalue weighted by atomic mass is 10.1. The van der Waals surface area contributed by atoms with Gasteiger partial charge in [0.1, 0.15) is 5.75 Å². The second-order valence-electron chi connectivity index (χ2n) is 6.36. The van der Waals surface area contributed by atoms with Crippen molar-refractivity contribution >= 4 is 23.3 Å². The summed E-state index contributed by atoms with van der Waals surface area (Å²) in [4.78, 5) is 35.6. The van der Waals surface area contributed by atoms with Gasteiger partial charge >= 0.3 is 5.97 Å². The summed E-state index contributed by atoms with van der Waals surface area (Å²) in [6.45, 7) is 6.79. The molecule has 2 aromatic carbocycles. The Morgan fingerprint density at radius 2 is 1.41 bits per heavy atom. The molecule has 0 spiro atoms. The van der Waals surface area contributed by atoms with Crippen LogP contribution in [0.25, 0.3) is 0 Å². The van der Waals surface area contributed by atoms with E-state index in [0.717, 1.165) is 0 Å². The molecular formula is C21H23NO5. The second kappa shape index (κ2) is 8.98. The Morgan fingerprint density at radius 3 is 1.93 bits per heavy atom. The van der Waals surface area contributed by atoms with Gasteiger partial charge < -0.3 is 14.8 Å². The minimum absolute atomic E-state index is 0.0380. The zero-order valence-electron chi connectivity index (χ0n) is 15.8. The van der Waals surface area contributed by atoms with E-state index < -0.39 is 18.0 Å². The fourth-order valence-corrected chi connectivity index (χ4v) is 2.26. The van der Waals surface area contributed by atoms with Crippen LogP contribution in [0.3, 0.4) is 0 Å². The van der Waals surface area contributed by atoms with Crippen molar-refractivity contribution in [2.75, 3.05) is 5.32 Å². The molecule has 1 amide bonds. The summed E-state index contributed by atoms with van der Waals surface area (Å²) in [5.74, 6) is -0.458. The first-order chi connectivity index (χ1) is 12.8. The van der Waals surface area contributed by atoms with Crippen LogP contribution in [0.2, 0.25) is 0 Å². The first kappa shape index (κ1) is 20.2. The van der Waals surface area contributed by atoms with Gasteiger partial charge in [0, 0.05) is 11.3 Å². The molecule has 2 aromatic rings. The molecule has 0 radical (unpaired) electrons. The number of carbonyl (C=O) groups is 3. The molecule has 0 saturated heterocycles. The van der Waals surface area contributed by atoms with Crippen LogP contribution < -0.4 is 10.1 Å². The largest absolute Gasteiger partial charge is 0.491 e. The minimum atomic E-state index is -0.975. The van der Waals surface area contributed by atoms with E-state index in [2.05, 4.69) is 5.32 Å². The summed E-state index contributed by atoms with van der Waals surface area (Å²) in [5.41, 5.74) is 1.40. The van der Waals surface area contributed by atoms with Gasteiger partial charge in [0.05, 0.1) is 11.7 Å². The van der Waals surface area contributed by atoms with Gasteiger partial charge in [-0.25, -0.2) is 4.79 Å². The molecule has 0 bridgehead atoms. The summed E-state index contributed by atoms with van der Waals surface area (Å²) in [6.07, 6.45) is -0.937. The number of Topliss-reactive ketones (excluding diaryl/α,β-unsaturated/α-hetero) is 1. The maximum atomic E-state index is 12.2. The predicted molar refractivity (Wildman–Crippen MR) is 102 cm³/mol. The quantitative estimate of drug-likeness (QED) is 0.592. The van der Waals surface area contributed by atoms with Crippen LogP contribution >= 0.6 is 0 Å². The first-order valence-corrected chi connectivity index (χ1v) is 8.66. The van der Waals surface area contributed by atoms with Gasteiger partial charge in [0.25, 0.3) is 5.91 Å². The first-order valence-electron chi connectivity index (χ1n) is 8.66. The lowest BCUT2D eigenvalue weighted by molar-refractivity contribution is -0.123. The zero-order chi connectivity index (χ0) is 20.0. The van der Waals surface area contributed by atoms with Gasteiger partial charge in [-0.15, -0.1) is 0 Å². The van der Waals surface area contributed by atoms with Crippen LogP contribution in [0.15, 0.2) is 48.5 Å². The van der Waals surface area contributed by atoms with E-state index in [4.69, 9.17) is 9.47 Å². The average Bonchev–Trinajstić information content (AvgIpc) is 2.62. The Balaban J connectivity index is 1.92.